The molecular weight excluding hydrogens is 368 g/mol. The molecule has 0 radical (unpaired) electrons. The molecule has 2 heterocycles. The van der Waals surface area contributed by atoms with Crippen molar-refractivity contribution in [3.8, 4) is 5.75 Å². The van der Waals surface area contributed by atoms with Crippen LogP contribution < -0.4 is 20.3 Å². The third-order valence-electron chi connectivity index (χ3n) is 4.86. The molecule has 1 aliphatic rings. The molecule has 1 aromatic heterocycles. The van der Waals surface area contributed by atoms with Crippen LogP contribution in [0, 0.1) is 6.92 Å². The molecular formula is C21H28N6O2. The Morgan fingerprint density at radius 2 is 2.00 bits per heavy atom. The number of rotatable bonds is 7. The largest absolute Gasteiger partial charge is 0.497 e. The Labute approximate surface area is 171 Å². The average molecular weight is 396 g/mol. The zero-order valence-electron chi connectivity index (χ0n) is 17.5. The Kier molecular flexibility index (Phi) is 6.64. The predicted molar refractivity (Wildman–Crippen MR) is 115 cm³/mol. The molecule has 0 atom stereocenters. The van der Waals surface area contributed by atoms with Crippen LogP contribution in [0.15, 0.2) is 29.3 Å². The van der Waals surface area contributed by atoms with Gasteiger partial charge in [-0.3, -0.25) is 9.79 Å². The van der Waals surface area contributed by atoms with E-state index in [1.54, 1.807) is 7.11 Å². The molecule has 1 aliphatic heterocycles. The van der Waals surface area contributed by atoms with Gasteiger partial charge >= 0.3 is 0 Å². The van der Waals surface area contributed by atoms with Crippen molar-refractivity contribution in [1.29, 1.82) is 0 Å². The molecule has 2 aromatic rings. The monoisotopic (exact) mass is 396 g/mol. The smallest absolute Gasteiger partial charge is 0.224 e. The van der Waals surface area contributed by atoms with E-state index in [2.05, 4.69) is 37.6 Å². The zero-order valence-corrected chi connectivity index (χ0v) is 17.5. The number of amides is 1. The van der Waals surface area contributed by atoms with Crippen LogP contribution in [0.2, 0.25) is 0 Å². The SMILES string of the molecule is CN=C1CCN(Cc2ccc(OC)cc2)c2nc(NCCNC(C)=O)nc(C)c21. The Morgan fingerprint density at radius 3 is 2.66 bits per heavy atom. The molecule has 0 spiro atoms. The molecule has 3 rings (SSSR count). The van der Waals surface area contributed by atoms with Crippen LogP contribution in [0.5, 0.6) is 5.75 Å². The van der Waals surface area contributed by atoms with Gasteiger partial charge in [0.15, 0.2) is 0 Å². The third kappa shape index (κ3) is 5.01. The number of nitrogens with one attached hydrogen (secondary N) is 2. The Balaban J connectivity index is 1.84. The number of hydrogen-bond acceptors (Lipinski definition) is 7. The highest BCUT2D eigenvalue weighted by atomic mass is 16.5. The van der Waals surface area contributed by atoms with E-state index in [0.29, 0.717) is 19.0 Å². The number of carbonyl (C=O) groups is 1. The molecule has 29 heavy (non-hydrogen) atoms. The highest BCUT2D eigenvalue weighted by Crippen LogP contribution is 2.30. The van der Waals surface area contributed by atoms with Gasteiger partial charge in [-0.25, -0.2) is 4.98 Å². The highest BCUT2D eigenvalue weighted by molar-refractivity contribution is 6.07. The van der Waals surface area contributed by atoms with E-state index in [-0.39, 0.29) is 5.91 Å². The van der Waals surface area contributed by atoms with Crippen molar-refractivity contribution in [1.82, 2.24) is 15.3 Å². The predicted octanol–water partition coefficient (Wildman–Crippen LogP) is 2.17. The lowest BCUT2D eigenvalue weighted by molar-refractivity contribution is -0.118. The Hall–Kier alpha value is -3.16. The fraction of sp³-hybridized carbons (Fsp3) is 0.429. The summed E-state index contributed by atoms with van der Waals surface area (Å²) in [6.45, 7) is 6.16. The quantitative estimate of drug-likeness (QED) is 0.697. The summed E-state index contributed by atoms with van der Waals surface area (Å²) in [6.07, 6.45) is 0.860. The second kappa shape index (κ2) is 9.36. The lowest BCUT2D eigenvalue weighted by Gasteiger charge is -2.32. The second-order valence-electron chi connectivity index (χ2n) is 6.93. The highest BCUT2D eigenvalue weighted by Gasteiger charge is 2.26. The number of aromatic nitrogens is 2. The number of ether oxygens (including phenoxy) is 1. The van der Waals surface area contributed by atoms with Gasteiger partial charge in [-0.2, -0.15) is 4.98 Å². The van der Waals surface area contributed by atoms with E-state index in [4.69, 9.17) is 9.72 Å². The minimum absolute atomic E-state index is 0.0520. The van der Waals surface area contributed by atoms with E-state index >= 15 is 0 Å². The third-order valence-corrected chi connectivity index (χ3v) is 4.86. The molecule has 1 aromatic carbocycles. The summed E-state index contributed by atoms with van der Waals surface area (Å²) in [7, 11) is 3.49. The first-order valence-electron chi connectivity index (χ1n) is 9.72. The Morgan fingerprint density at radius 1 is 1.24 bits per heavy atom. The summed E-state index contributed by atoms with van der Waals surface area (Å²) < 4.78 is 5.25. The standard InChI is InChI=1S/C21H28N6O2/c1-14-19-18(22-3)9-12-27(13-16-5-7-17(29-4)8-6-16)20(19)26-21(25-14)24-11-10-23-15(2)28/h5-8H,9-13H2,1-4H3,(H,23,28)(H,24,25,26). The van der Waals surface area contributed by atoms with Gasteiger partial charge in [-0.15, -0.1) is 0 Å². The van der Waals surface area contributed by atoms with Gasteiger partial charge in [0.1, 0.15) is 11.6 Å². The lowest BCUT2D eigenvalue weighted by atomic mass is 10.0. The summed E-state index contributed by atoms with van der Waals surface area (Å²) in [5.41, 5.74) is 4.13. The molecule has 0 aliphatic carbocycles. The van der Waals surface area contributed by atoms with Crippen LogP contribution in [0.4, 0.5) is 11.8 Å². The van der Waals surface area contributed by atoms with E-state index in [0.717, 1.165) is 48.0 Å². The minimum atomic E-state index is -0.0520. The topological polar surface area (TPSA) is 91.7 Å². The summed E-state index contributed by atoms with van der Waals surface area (Å²) in [5, 5.41) is 5.97. The molecule has 8 heteroatoms. The van der Waals surface area contributed by atoms with Crippen molar-refractivity contribution >= 4 is 23.4 Å². The lowest BCUT2D eigenvalue weighted by Crippen LogP contribution is -2.34. The van der Waals surface area contributed by atoms with Crippen LogP contribution in [-0.4, -0.2) is 55.4 Å². The van der Waals surface area contributed by atoms with Gasteiger partial charge in [-0.1, -0.05) is 12.1 Å². The van der Waals surface area contributed by atoms with E-state index in [1.165, 1.54) is 12.5 Å². The van der Waals surface area contributed by atoms with Crippen LogP contribution in [0.1, 0.15) is 30.2 Å². The van der Waals surface area contributed by atoms with Gasteiger partial charge in [0.2, 0.25) is 11.9 Å². The van der Waals surface area contributed by atoms with Crippen LogP contribution in [0.3, 0.4) is 0 Å². The molecule has 8 nitrogen and oxygen atoms in total. The van der Waals surface area contributed by atoms with Crippen molar-refractivity contribution in [2.24, 2.45) is 4.99 Å². The van der Waals surface area contributed by atoms with E-state index in [9.17, 15) is 4.79 Å². The van der Waals surface area contributed by atoms with Gasteiger partial charge in [-0.05, 0) is 24.6 Å². The number of methoxy groups -OCH3 is 1. The number of nitrogens with zero attached hydrogens (tertiary/aromatic N) is 4. The van der Waals surface area contributed by atoms with E-state index in [1.807, 2.05) is 26.1 Å². The molecule has 0 saturated carbocycles. The number of anilines is 2. The number of hydrogen-bond donors (Lipinski definition) is 2. The van der Waals surface area contributed by atoms with Crippen molar-refractivity contribution in [2.45, 2.75) is 26.8 Å². The average Bonchev–Trinajstić information content (AvgIpc) is 2.72. The molecule has 1 amide bonds. The van der Waals surface area contributed by atoms with Gasteiger partial charge < -0.3 is 20.3 Å². The fourth-order valence-corrected chi connectivity index (χ4v) is 3.42. The number of aliphatic imine (C=N–C) groups is 1. The second-order valence-corrected chi connectivity index (χ2v) is 6.93. The Bertz CT molecular complexity index is 895. The number of benzene rings is 1. The minimum Gasteiger partial charge on any atom is -0.497 e. The van der Waals surface area contributed by atoms with Crippen molar-refractivity contribution in [3.63, 3.8) is 0 Å². The van der Waals surface area contributed by atoms with Gasteiger partial charge in [0.05, 0.1) is 18.4 Å². The summed E-state index contributed by atoms with van der Waals surface area (Å²) >= 11 is 0. The van der Waals surface area contributed by atoms with E-state index < -0.39 is 0 Å². The maximum Gasteiger partial charge on any atom is 0.224 e. The molecule has 0 saturated heterocycles. The van der Waals surface area contributed by atoms with Crippen LogP contribution >= 0.6 is 0 Å². The molecule has 2 N–H and O–H groups in total. The zero-order chi connectivity index (χ0) is 20.8. The van der Waals surface area contributed by atoms with Crippen molar-refractivity contribution in [3.05, 3.63) is 41.1 Å². The fourth-order valence-electron chi connectivity index (χ4n) is 3.42. The normalized spacial score (nSPS) is 14.5. The molecule has 154 valence electrons. The first kappa shape index (κ1) is 20.6. The number of carbonyl (C=O) groups excluding carboxylic acids is 1. The first-order chi connectivity index (χ1) is 14.0. The van der Waals surface area contributed by atoms with Crippen molar-refractivity contribution < 1.29 is 9.53 Å². The summed E-state index contributed by atoms with van der Waals surface area (Å²) in [6, 6.07) is 8.09. The summed E-state index contributed by atoms with van der Waals surface area (Å²) in [4.78, 5) is 27.1. The number of aryl methyl sites for hydroxylation is 1. The maximum atomic E-state index is 11.0. The van der Waals surface area contributed by atoms with Gasteiger partial charge in [0.25, 0.3) is 0 Å². The summed E-state index contributed by atoms with van der Waals surface area (Å²) in [5.74, 6) is 2.24. The maximum absolute atomic E-state index is 11.0. The number of fused-ring (bicyclic) bond motifs is 1. The van der Waals surface area contributed by atoms with Gasteiger partial charge in [0, 0.05) is 52.3 Å². The van der Waals surface area contributed by atoms with Crippen LogP contribution in [-0.2, 0) is 11.3 Å². The molecule has 0 bridgehead atoms. The molecule has 0 fully saturated rings. The van der Waals surface area contributed by atoms with Crippen molar-refractivity contribution in [2.75, 3.05) is 44.0 Å². The molecule has 0 unspecified atom stereocenters. The first-order valence-corrected chi connectivity index (χ1v) is 9.72. The van der Waals surface area contributed by atoms with Crippen LogP contribution in [0.25, 0.3) is 0 Å².